The molecule has 2 heteroatoms. The molecule has 1 N–H and O–H groups in total. The molecular formula is C14H23NO. The van der Waals surface area contributed by atoms with Crippen molar-refractivity contribution < 1.29 is 4.74 Å². The number of nitrogens with one attached hydrogen (secondary N) is 1. The Kier molecular flexibility index (Phi) is 5.76. The predicted molar refractivity (Wildman–Crippen MR) is 70.2 cm³/mol. The minimum absolute atomic E-state index is 0.232. The molecule has 0 unspecified atom stereocenters. The van der Waals surface area contributed by atoms with Gasteiger partial charge in [0.1, 0.15) is 5.75 Å². The lowest BCUT2D eigenvalue weighted by Gasteiger charge is -2.11. The second-order valence-electron chi connectivity index (χ2n) is 4.33. The summed E-state index contributed by atoms with van der Waals surface area (Å²) in [7, 11) is 0. The summed E-state index contributed by atoms with van der Waals surface area (Å²) in [5, 5.41) is 3.41. The van der Waals surface area contributed by atoms with E-state index in [1.54, 1.807) is 0 Å². The maximum atomic E-state index is 5.64. The van der Waals surface area contributed by atoms with E-state index in [2.05, 4.69) is 24.4 Å². The normalized spacial score (nSPS) is 10.5. The van der Waals surface area contributed by atoms with E-state index in [4.69, 9.17) is 4.74 Å². The van der Waals surface area contributed by atoms with Gasteiger partial charge in [0.15, 0.2) is 0 Å². The fourth-order valence-corrected chi connectivity index (χ4v) is 1.56. The van der Waals surface area contributed by atoms with Crippen molar-refractivity contribution in [2.75, 3.05) is 11.9 Å². The van der Waals surface area contributed by atoms with Crippen molar-refractivity contribution in [3.05, 3.63) is 24.3 Å². The van der Waals surface area contributed by atoms with Crippen LogP contribution in [0.2, 0.25) is 0 Å². The molecule has 1 aromatic carbocycles. The summed E-state index contributed by atoms with van der Waals surface area (Å²) >= 11 is 0. The van der Waals surface area contributed by atoms with Gasteiger partial charge in [-0.15, -0.1) is 0 Å². The van der Waals surface area contributed by atoms with Crippen LogP contribution in [0, 0.1) is 0 Å². The monoisotopic (exact) mass is 221 g/mol. The first kappa shape index (κ1) is 12.9. The van der Waals surface area contributed by atoms with Gasteiger partial charge in [-0.25, -0.2) is 0 Å². The van der Waals surface area contributed by atoms with Gasteiger partial charge in [-0.05, 0) is 32.4 Å². The zero-order chi connectivity index (χ0) is 11.8. The van der Waals surface area contributed by atoms with Gasteiger partial charge in [0.2, 0.25) is 0 Å². The number of unbranched alkanes of at least 4 members (excludes halogenated alkanes) is 2. The number of rotatable bonds is 7. The molecule has 1 aromatic rings. The zero-order valence-corrected chi connectivity index (χ0v) is 10.6. The number of anilines is 1. The molecule has 0 heterocycles. The van der Waals surface area contributed by atoms with Gasteiger partial charge in [-0.2, -0.15) is 0 Å². The molecule has 0 amide bonds. The Labute approximate surface area is 99.0 Å². The summed E-state index contributed by atoms with van der Waals surface area (Å²) in [5.41, 5.74) is 1.15. The third-order valence-electron chi connectivity index (χ3n) is 2.32. The Morgan fingerprint density at radius 1 is 1.25 bits per heavy atom. The smallest absolute Gasteiger partial charge is 0.121 e. The second kappa shape index (κ2) is 7.15. The highest BCUT2D eigenvalue weighted by Gasteiger charge is 1.98. The SMILES string of the molecule is CCCCCNc1cccc(OC(C)C)c1. The molecule has 0 fully saturated rings. The molecule has 0 aliphatic carbocycles. The van der Waals surface area contributed by atoms with Crippen molar-refractivity contribution in [3.8, 4) is 5.75 Å². The van der Waals surface area contributed by atoms with Crippen LogP contribution in [0.5, 0.6) is 5.75 Å². The molecule has 16 heavy (non-hydrogen) atoms. The molecule has 0 aliphatic heterocycles. The molecule has 0 atom stereocenters. The average molecular weight is 221 g/mol. The Morgan fingerprint density at radius 2 is 2.06 bits per heavy atom. The van der Waals surface area contributed by atoms with Crippen LogP contribution in [-0.2, 0) is 0 Å². The highest BCUT2D eigenvalue weighted by molar-refractivity contribution is 5.48. The van der Waals surface area contributed by atoms with Gasteiger partial charge in [0, 0.05) is 18.3 Å². The summed E-state index contributed by atoms with van der Waals surface area (Å²) in [4.78, 5) is 0. The fraction of sp³-hybridized carbons (Fsp3) is 0.571. The standard InChI is InChI=1S/C14H23NO/c1-4-5-6-10-15-13-8-7-9-14(11-13)16-12(2)3/h7-9,11-12,15H,4-6,10H2,1-3H3. The molecule has 90 valence electrons. The first-order chi connectivity index (χ1) is 7.72. The minimum atomic E-state index is 0.232. The number of benzene rings is 1. The van der Waals surface area contributed by atoms with Crippen molar-refractivity contribution in [1.29, 1.82) is 0 Å². The molecule has 2 nitrogen and oxygen atoms in total. The third kappa shape index (κ3) is 5.06. The molecule has 0 spiro atoms. The van der Waals surface area contributed by atoms with Gasteiger partial charge >= 0.3 is 0 Å². The highest BCUT2D eigenvalue weighted by Crippen LogP contribution is 2.18. The summed E-state index contributed by atoms with van der Waals surface area (Å²) < 4.78 is 5.64. The lowest BCUT2D eigenvalue weighted by molar-refractivity contribution is 0.242. The van der Waals surface area contributed by atoms with Crippen LogP contribution in [-0.4, -0.2) is 12.6 Å². The van der Waals surface area contributed by atoms with Crippen LogP contribution in [0.15, 0.2) is 24.3 Å². The van der Waals surface area contributed by atoms with E-state index >= 15 is 0 Å². The van der Waals surface area contributed by atoms with Crippen LogP contribution in [0.1, 0.15) is 40.0 Å². The Hall–Kier alpha value is -1.18. The van der Waals surface area contributed by atoms with E-state index in [1.165, 1.54) is 19.3 Å². The van der Waals surface area contributed by atoms with Crippen LogP contribution in [0.3, 0.4) is 0 Å². The van der Waals surface area contributed by atoms with E-state index in [-0.39, 0.29) is 6.10 Å². The maximum Gasteiger partial charge on any atom is 0.121 e. The van der Waals surface area contributed by atoms with Gasteiger partial charge in [0.25, 0.3) is 0 Å². The lowest BCUT2D eigenvalue weighted by Crippen LogP contribution is -2.06. The minimum Gasteiger partial charge on any atom is -0.491 e. The Morgan fingerprint density at radius 3 is 2.75 bits per heavy atom. The lowest BCUT2D eigenvalue weighted by atomic mass is 10.2. The van der Waals surface area contributed by atoms with Crippen LogP contribution in [0.4, 0.5) is 5.69 Å². The molecular weight excluding hydrogens is 198 g/mol. The van der Waals surface area contributed by atoms with Crippen LogP contribution < -0.4 is 10.1 Å². The number of hydrogen-bond donors (Lipinski definition) is 1. The van der Waals surface area contributed by atoms with Crippen molar-refractivity contribution >= 4 is 5.69 Å². The van der Waals surface area contributed by atoms with Crippen LogP contribution in [0.25, 0.3) is 0 Å². The van der Waals surface area contributed by atoms with E-state index in [9.17, 15) is 0 Å². The third-order valence-corrected chi connectivity index (χ3v) is 2.32. The second-order valence-corrected chi connectivity index (χ2v) is 4.33. The van der Waals surface area contributed by atoms with Crippen molar-refractivity contribution in [2.24, 2.45) is 0 Å². The van der Waals surface area contributed by atoms with E-state index in [1.807, 2.05) is 26.0 Å². The Bertz CT molecular complexity index is 297. The Balaban J connectivity index is 2.41. The summed E-state index contributed by atoms with van der Waals surface area (Å²) in [6.07, 6.45) is 4.01. The predicted octanol–water partition coefficient (Wildman–Crippen LogP) is 4.08. The quantitative estimate of drug-likeness (QED) is 0.701. The molecule has 0 saturated heterocycles. The fourth-order valence-electron chi connectivity index (χ4n) is 1.56. The van der Waals surface area contributed by atoms with Crippen molar-refractivity contribution in [2.45, 2.75) is 46.1 Å². The summed E-state index contributed by atoms with van der Waals surface area (Å²) in [6.45, 7) is 7.35. The number of ether oxygens (including phenoxy) is 1. The van der Waals surface area contributed by atoms with Gasteiger partial charge in [-0.3, -0.25) is 0 Å². The zero-order valence-electron chi connectivity index (χ0n) is 10.6. The van der Waals surface area contributed by atoms with E-state index < -0.39 is 0 Å². The maximum absolute atomic E-state index is 5.64. The largest absolute Gasteiger partial charge is 0.491 e. The van der Waals surface area contributed by atoms with Crippen LogP contribution >= 0.6 is 0 Å². The number of hydrogen-bond acceptors (Lipinski definition) is 2. The molecule has 0 aliphatic rings. The molecule has 0 saturated carbocycles. The molecule has 1 rings (SSSR count). The van der Waals surface area contributed by atoms with Crippen molar-refractivity contribution in [3.63, 3.8) is 0 Å². The van der Waals surface area contributed by atoms with Gasteiger partial charge in [0.05, 0.1) is 6.10 Å². The van der Waals surface area contributed by atoms with Gasteiger partial charge in [-0.1, -0.05) is 25.8 Å². The van der Waals surface area contributed by atoms with Crippen molar-refractivity contribution in [1.82, 2.24) is 0 Å². The average Bonchev–Trinajstić information content (AvgIpc) is 2.24. The first-order valence-corrected chi connectivity index (χ1v) is 6.23. The van der Waals surface area contributed by atoms with E-state index in [0.717, 1.165) is 18.0 Å². The summed E-state index contributed by atoms with van der Waals surface area (Å²) in [6, 6.07) is 8.17. The van der Waals surface area contributed by atoms with Gasteiger partial charge < -0.3 is 10.1 Å². The molecule has 0 radical (unpaired) electrons. The highest BCUT2D eigenvalue weighted by atomic mass is 16.5. The molecule has 0 aromatic heterocycles. The van der Waals surface area contributed by atoms with E-state index in [0.29, 0.717) is 0 Å². The summed E-state index contributed by atoms with van der Waals surface area (Å²) in [5.74, 6) is 0.940. The topological polar surface area (TPSA) is 21.3 Å². The molecule has 0 bridgehead atoms. The first-order valence-electron chi connectivity index (χ1n) is 6.23.